The number of ether oxygens (including phenoxy) is 1. The highest BCUT2D eigenvalue weighted by atomic mass is 16.5. The number of methoxy groups -OCH3 is 1. The monoisotopic (exact) mass is 144 g/mol. The SMILES string of the molecule is CC/C(=N/N(C)CC)OC. The zero-order chi connectivity index (χ0) is 7.98. The van der Waals surface area contributed by atoms with Crippen molar-refractivity contribution in [1.29, 1.82) is 0 Å². The molecule has 0 aromatic carbocycles. The summed E-state index contributed by atoms with van der Waals surface area (Å²) >= 11 is 0. The molecular weight excluding hydrogens is 128 g/mol. The Morgan fingerprint density at radius 3 is 2.40 bits per heavy atom. The summed E-state index contributed by atoms with van der Waals surface area (Å²) in [5, 5.41) is 6.01. The Bertz CT molecular complexity index is 106. The van der Waals surface area contributed by atoms with E-state index in [1.165, 1.54) is 0 Å². The first-order chi connectivity index (χ1) is 4.74. The maximum Gasteiger partial charge on any atom is 0.205 e. The third-order valence-electron chi connectivity index (χ3n) is 1.28. The number of rotatable bonds is 3. The largest absolute Gasteiger partial charge is 0.483 e. The van der Waals surface area contributed by atoms with Crippen LogP contribution in [0.4, 0.5) is 0 Å². The van der Waals surface area contributed by atoms with Gasteiger partial charge in [-0.3, -0.25) is 5.01 Å². The molecule has 3 heteroatoms. The van der Waals surface area contributed by atoms with Crippen LogP contribution in [0.5, 0.6) is 0 Å². The van der Waals surface area contributed by atoms with Gasteiger partial charge < -0.3 is 4.74 Å². The van der Waals surface area contributed by atoms with Crippen LogP contribution in [0.25, 0.3) is 0 Å². The van der Waals surface area contributed by atoms with Gasteiger partial charge in [-0.15, -0.1) is 5.10 Å². The summed E-state index contributed by atoms with van der Waals surface area (Å²) in [7, 11) is 3.57. The highest BCUT2D eigenvalue weighted by Crippen LogP contribution is 1.90. The first-order valence-electron chi connectivity index (χ1n) is 3.57. The molecule has 0 aliphatic carbocycles. The van der Waals surface area contributed by atoms with E-state index in [4.69, 9.17) is 4.74 Å². The molecule has 0 radical (unpaired) electrons. The third-order valence-corrected chi connectivity index (χ3v) is 1.28. The molecule has 0 aromatic heterocycles. The highest BCUT2D eigenvalue weighted by Gasteiger charge is 1.93. The number of hydrogen-bond acceptors (Lipinski definition) is 3. The van der Waals surface area contributed by atoms with E-state index in [-0.39, 0.29) is 0 Å². The molecule has 0 fully saturated rings. The first kappa shape index (κ1) is 9.27. The molecular formula is C7H16N2O. The van der Waals surface area contributed by atoms with Crippen LogP contribution in [-0.2, 0) is 4.74 Å². The van der Waals surface area contributed by atoms with Crippen molar-refractivity contribution < 1.29 is 4.74 Å². The zero-order valence-corrected chi connectivity index (χ0v) is 7.22. The summed E-state index contributed by atoms with van der Waals surface area (Å²) in [5.41, 5.74) is 0. The zero-order valence-electron chi connectivity index (χ0n) is 7.22. The summed E-state index contributed by atoms with van der Waals surface area (Å²) < 4.78 is 4.98. The van der Waals surface area contributed by atoms with Gasteiger partial charge in [-0.1, -0.05) is 6.92 Å². The predicted octanol–water partition coefficient (Wildman–Crippen LogP) is 1.31. The lowest BCUT2D eigenvalue weighted by Gasteiger charge is -2.10. The number of hydrogen-bond donors (Lipinski definition) is 0. The van der Waals surface area contributed by atoms with E-state index in [0.29, 0.717) is 0 Å². The van der Waals surface area contributed by atoms with Crippen LogP contribution in [0.1, 0.15) is 20.3 Å². The second-order valence-corrected chi connectivity index (χ2v) is 2.03. The standard InChI is InChI=1S/C7H16N2O/c1-5-7(10-4)8-9(3)6-2/h5-6H2,1-4H3/b8-7-. The van der Waals surface area contributed by atoms with Crippen molar-refractivity contribution in [2.75, 3.05) is 20.7 Å². The lowest BCUT2D eigenvalue weighted by Crippen LogP contribution is -2.14. The van der Waals surface area contributed by atoms with Gasteiger partial charge in [0, 0.05) is 20.0 Å². The number of nitrogens with zero attached hydrogens (tertiary/aromatic N) is 2. The maximum atomic E-state index is 4.98. The van der Waals surface area contributed by atoms with E-state index < -0.39 is 0 Å². The lowest BCUT2D eigenvalue weighted by atomic mass is 10.5. The van der Waals surface area contributed by atoms with Crippen LogP contribution in [0.15, 0.2) is 5.10 Å². The van der Waals surface area contributed by atoms with Gasteiger partial charge in [0.15, 0.2) is 0 Å². The van der Waals surface area contributed by atoms with Gasteiger partial charge >= 0.3 is 0 Å². The van der Waals surface area contributed by atoms with Gasteiger partial charge in [-0.05, 0) is 6.92 Å². The molecule has 0 aliphatic heterocycles. The summed E-state index contributed by atoms with van der Waals surface area (Å²) in [6, 6.07) is 0. The Labute approximate surface area is 62.7 Å². The van der Waals surface area contributed by atoms with Crippen LogP contribution in [0, 0.1) is 0 Å². The molecule has 0 aromatic rings. The molecule has 0 saturated heterocycles. The summed E-state index contributed by atoms with van der Waals surface area (Å²) in [5.74, 6) is 0.782. The first-order valence-corrected chi connectivity index (χ1v) is 3.57. The average Bonchev–Trinajstić information content (AvgIpc) is 1.99. The molecule has 0 rings (SSSR count). The molecule has 0 spiro atoms. The minimum Gasteiger partial charge on any atom is -0.483 e. The van der Waals surface area contributed by atoms with Crippen molar-refractivity contribution in [1.82, 2.24) is 5.01 Å². The van der Waals surface area contributed by atoms with Gasteiger partial charge in [-0.2, -0.15) is 0 Å². The topological polar surface area (TPSA) is 24.8 Å². The van der Waals surface area contributed by atoms with E-state index >= 15 is 0 Å². The summed E-state index contributed by atoms with van der Waals surface area (Å²) in [6.07, 6.45) is 0.848. The van der Waals surface area contributed by atoms with Crippen molar-refractivity contribution in [3.63, 3.8) is 0 Å². The van der Waals surface area contributed by atoms with Gasteiger partial charge in [0.2, 0.25) is 5.90 Å². The molecule has 10 heavy (non-hydrogen) atoms. The van der Waals surface area contributed by atoms with Crippen molar-refractivity contribution in [2.24, 2.45) is 5.10 Å². The Kier molecular flexibility index (Phi) is 4.72. The molecule has 0 aliphatic rings. The van der Waals surface area contributed by atoms with Gasteiger partial charge in [0.05, 0.1) is 7.11 Å². The quantitative estimate of drug-likeness (QED) is 0.339. The molecule has 0 atom stereocenters. The maximum absolute atomic E-state index is 4.98. The second kappa shape index (κ2) is 5.09. The van der Waals surface area contributed by atoms with Gasteiger partial charge in [-0.25, -0.2) is 0 Å². The highest BCUT2D eigenvalue weighted by molar-refractivity contribution is 5.75. The van der Waals surface area contributed by atoms with Crippen LogP contribution in [0.2, 0.25) is 0 Å². The van der Waals surface area contributed by atoms with Crippen molar-refractivity contribution >= 4 is 5.90 Å². The molecule has 0 N–H and O–H groups in total. The fourth-order valence-electron chi connectivity index (χ4n) is 0.517. The molecule has 0 bridgehead atoms. The predicted molar refractivity (Wildman–Crippen MR) is 43.0 cm³/mol. The van der Waals surface area contributed by atoms with E-state index in [1.54, 1.807) is 7.11 Å². The average molecular weight is 144 g/mol. The Morgan fingerprint density at radius 2 is 2.10 bits per heavy atom. The fourth-order valence-corrected chi connectivity index (χ4v) is 0.517. The van der Waals surface area contributed by atoms with E-state index in [1.807, 2.05) is 25.9 Å². The minimum atomic E-state index is 0.782. The Hall–Kier alpha value is -0.730. The van der Waals surface area contributed by atoms with Gasteiger partial charge in [0.25, 0.3) is 0 Å². The molecule has 3 nitrogen and oxygen atoms in total. The van der Waals surface area contributed by atoms with Crippen LogP contribution < -0.4 is 0 Å². The molecule has 0 heterocycles. The summed E-state index contributed by atoms with van der Waals surface area (Å²) in [4.78, 5) is 0. The lowest BCUT2D eigenvalue weighted by molar-refractivity contribution is 0.327. The minimum absolute atomic E-state index is 0.782. The van der Waals surface area contributed by atoms with Crippen LogP contribution in [0.3, 0.4) is 0 Å². The van der Waals surface area contributed by atoms with E-state index in [2.05, 4.69) is 5.10 Å². The fraction of sp³-hybridized carbons (Fsp3) is 0.857. The van der Waals surface area contributed by atoms with Gasteiger partial charge in [0.1, 0.15) is 0 Å². The molecule has 0 saturated carbocycles. The summed E-state index contributed by atoms with van der Waals surface area (Å²) in [6.45, 7) is 4.98. The third kappa shape index (κ3) is 3.33. The second-order valence-electron chi connectivity index (χ2n) is 2.03. The normalized spacial score (nSPS) is 11.4. The van der Waals surface area contributed by atoms with Crippen molar-refractivity contribution in [3.8, 4) is 0 Å². The number of hydrazone groups is 1. The van der Waals surface area contributed by atoms with E-state index in [0.717, 1.165) is 18.9 Å². The van der Waals surface area contributed by atoms with Crippen LogP contribution in [-0.4, -0.2) is 31.6 Å². The van der Waals surface area contributed by atoms with Crippen molar-refractivity contribution in [2.45, 2.75) is 20.3 Å². The Balaban J connectivity index is 3.83. The van der Waals surface area contributed by atoms with E-state index in [9.17, 15) is 0 Å². The molecule has 60 valence electrons. The Morgan fingerprint density at radius 1 is 1.50 bits per heavy atom. The molecule has 0 unspecified atom stereocenters. The van der Waals surface area contributed by atoms with Crippen molar-refractivity contribution in [3.05, 3.63) is 0 Å². The van der Waals surface area contributed by atoms with Crippen LogP contribution >= 0.6 is 0 Å². The molecule has 0 amide bonds. The smallest absolute Gasteiger partial charge is 0.205 e.